The monoisotopic (exact) mass is 281 g/mol. The number of aliphatic hydroxyl groups excluding tert-OH is 1. The first kappa shape index (κ1) is 15.7. The lowest BCUT2D eigenvalue weighted by molar-refractivity contribution is -0.117. The molecule has 2 N–H and O–H groups in total. The van der Waals surface area contributed by atoms with Gasteiger partial charge in [-0.15, -0.1) is 0 Å². The van der Waals surface area contributed by atoms with Crippen molar-refractivity contribution in [1.82, 2.24) is 5.32 Å². The summed E-state index contributed by atoms with van der Waals surface area (Å²) in [7, 11) is 0. The number of hydrogen-bond donors (Lipinski definition) is 2. The number of halogens is 1. The van der Waals surface area contributed by atoms with E-state index >= 15 is 0 Å². The summed E-state index contributed by atoms with van der Waals surface area (Å²) in [5.41, 5.74) is 0.906. The highest BCUT2D eigenvalue weighted by atomic mass is 35.5. The lowest BCUT2D eigenvalue weighted by atomic mass is 10.0. The number of nitrogens with one attached hydrogen (secondary N) is 1. The molecule has 0 heterocycles. The first-order chi connectivity index (χ1) is 9.01. The molecule has 1 unspecified atom stereocenters. The second-order valence-electron chi connectivity index (χ2n) is 4.90. The molecular weight excluding hydrogens is 262 g/mol. The Morgan fingerprint density at radius 2 is 2.00 bits per heavy atom. The third-order valence-electron chi connectivity index (χ3n) is 2.62. The van der Waals surface area contributed by atoms with Crippen LogP contribution in [0.2, 0.25) is 5.02 Å². The van der Waals surface area contributed by atoms with Crippen LogP contribution in [0.1, 0.15) is 25.8 Å². The van der Waals surface area contributed by atoms with Gasteiger partial charge in [-0.05, 0) is 36.1 Å². The number of aliphatic hydroxyl groups is 1. The Morgan fingerprint density at radius 1 is 1.37 bits per heavy atom. The van der Waals surface area contributed by atoms with Gasteiger partial charge in [0.2, 0.25) is 5.91 Å². The minimum atomic E-state index is -0.199. The van der Waals surface area contributed by atoms with Gasteiger partial charge < -0.3 is 10.4 Å². The predicted octanol–water partition coefficient (Wildman–Crippen LogP) is 2.88. The van der Waals surface area contributed by atoms with Gasteiger partial charge in [0, 0.05) is 11.1 Å². The van der Waals surface area contributed by atoms with Crippen LogP contribution in [0.15, 0.2) is 30.3 Å². The van der Waals surface area contributed by atoms with Crippen LogP contribution in [0.4, 0.5) is 0 Å². The minimum absolute atomic E-state index is 0.0430. The third kappa shape index (κ3) is 6.41. The standard InChI is InChI=1S/C15H20ClNO2/c1-11(2)9-14(10-18)17-15(19)8-5-12-3-6-13(16)7-4-12/h3-8,11,14,18H,9-10H2,1-2H3,(H,17,19). The van der Waals surface area contributed by atoms with Gasteiger partial charge in [0.05, 0.1) is 12.6 Å². The predicted molar refractivity (Wildman–Crippen MR) is 79.0 cm³/mol. The molecule has 1 atom stereocenters. The topological polar surface area (TPSA) is 49.3 Å². The molecule has 0 aliphatic heterocycles. The summed E-state index contributed by atoms with van der Waals surface area (Å²) < 4.78 is 0. The van der Waals surface area contributed by atoms with Gasteiger partial charge in [0.25, 0.3) is 0 Å². The zero-order valence-electron chi connectivity index (χ0n) is 11.3. The van der Waals surface area contributed by atoms with Crippen molar-refractivity contribution in [2.45, 2.75) is 26.3 Å². The van der Waals surface area contributed by atoms with Crippen molar-refractivity contribution in [2.75, 3.05) is 6.61 Å². The summed E-state index contributed by atoms with van der Waals surface area (Å²) in [6.45, 7) is 4.06. The lowest BCUT2D eigenvalue weighted by Gasteiger charge is -2.17. The number of carbonyl (C=O) groups is 1. The van der Waals surface area contributed by atoms with Crippen LogP contribution in [0.25, 0.3) is 6.08 Å². The molecule has 1 aromatic rings. The van der Waals surface area contributed by atoms with E-state index in [4.69, 9.17) is 11.6 Å². The Balaban J connectivity index is 2.52. The molecule has 0 bridgehead atoms. The number of benzene rings is 1. The molecule has 0 aliphatic carbocycles. The van der Waals surface area contributed by atoms with Gasteiger partial charge >= 0.3 is 0 Å². The normalized spacial score (nSPS) is 12.9. The second-order valence-corrected chi connectivity index (χ2v) is 5.34. The van der Waals surface area contributed by atoms with Crippen LogP contribution >= 0.6 is 11.6 Å². The fraction of sp³-hybridized carbons (Fsp3) is 0.400. The largest absolute Gasteiger partial charge is 0.394 e. The van der Waals surface area contributed by atoms with E-state index in [0.29, 0.717) is 10.9 Å². The van der Waals surface area contributed by atoms with E-state index in [1.807, 2.05) is 12.1 Å². The van der Waals surface area contributed by atoms with E-state index in [1.54, 1.807) is 18.2 Å². The summed E-state index contributed by atoms with van der Waals surface area (Å²) in [6.07, 6.45) is 3.94. The molecule has 0 fully saturated rings. The summed E-state index contributed by atoms with van der Waals surface area (Å²) in [5, 5.41) is 12.6. The van der Waals surface area contributed by atoms with Crippen molar-refractivity contribution in [3.8, 4) is 0 Å². The maximum Gasteiger partial charge on any atom is 0.244 e. The molecule has 0 aliphatic rings. The van der Waals surface area contributed by atoms with Crippen molar-refractivity contribution < 1.29 is 9.90 Å². The first-order valence-electron chi connectivity index (χ1n) is 6.36. The third-order valence-corrected chi connectivity index (χ3v) is 2.87. The van der Waals surface area contributed by atoms with E-state index in [2.05, 4.69) is 19.2 Å². The molecule has 1 rings (SSSR count). The van der Waals surface area contributed by atoms with Crippen LogP contribution in [0.5, 0.6) is 0 Å². The Labute approximate surface area is 119 Å². The van der Waals surface area contributed by atoms with Gasteiger partial charge in [-0.2, -0.15) is 0 Å². The maximum atomic E-state index is 11.7. The van der Waals surface area contributed by atoms with Crippen LogP contribution in [-0.4, -0.2) is 23.7 Å². The lowest BCUT2D eigenvalue weighted by Crippen LogP contribution is -2.37. The average molecular weight is 282 g/mol. The van der Waals surface area contributed by atoms with Gasteiger partial charge in [-0.3, -0.25) is 4.79 Å². The quantitative estimate of drug-likeness (QED) is 0.788. The smallest absolute Gasteiger partial charge is 0.244 e. The number of carbonyl (C=O) groups excluding carboxylic acids is 1. The van der Waals surface area contributed by atoms with Gasteiger partial charge in [-0.1, -0.05) is 37.6 Å². The fourth-order valence-corrected chi connectivity index (χ4v) is 1.87. The molecule has 104 valence electrons. The van der Waals surface area contributed by atoms with Crippen molar-refractivity contribution in [3.63, 3.8) is 0 Å². The van der Waals surface area contributed by atoms with Crippen LogP contribution in [-0.2, 0) is 4.79 Å². The Hall–Kier alpha value is -1.32. The van der Waals surface area contributed by atoms with Crippen LogP contribution < -0.4 is 5.32 Å². The molecule has 1 aromatic carbocycles. The molecule has 0 saturated carbocycles. The van der Waals surface area contributed by atoms with Crippen molar-refractivity contribution >= 4 is 23.6 Å². The van der Waals surface area contributed by atoms with Crippen molar-refractivity contribution in [3.05, 3.63) is 40.9 Å². The number of hydrogen-bond acceptors (Lipinski definition) is 2. The summed E-state index contributed by atoms with van der Waals surface area (Å²) in [6, 6.07) is 7.03. The highest BCUT2D eigenvalue weighted by Gasteiger charge is 2.10. The van der Waals surface area contributed by atoms with Crippen LogP contribution in [0, 0.1) is 5.92 Å². The molecular formula is C15H20ClNO2. The zero-order chi connectivity index (χ0) is 14.3. The molecule has 19 heavy (non-hydrogen) atoms. The van der Waals surface area contributed by atoms with E-state index in [9.17, 15) is 9.90 Å². The van der Waals surface area contributed by atoms with Gasteiger partial charge in [0.1, 0.15) is 0 Å². The van der Waals surface area contributed by atoms with Crippen LogP contribution in [0.3, 0.4) is 0 Å². The zero-order valence-corrected chi connectivity index (χ0v) is 12.0. The highest BCUT2D eigenvalue weighted by Crippen LogP contribution is 2.10. The molecule has 0 aromatic heterocycles. The molecule has 3 nitrogen and oxygen atoms in total. The molecule has 1 amide bonds. The van der Waals surface area contributed by atoms with Crippen molar-refractivity contribution in [2.24, 2.45) is 5.92 Å². The highest BCUT2D eigenvalue weighted by molar-refractivity contribution is 6.30. The van der Waals surface area contributed by atoms with E-state index in [0.717, 1.165) is 12.0 Å². The number of amides is 1. The van der Waals surface area contributed by atoms with Gasteiger partial charge in [0.15, 0.2) is 0 Å². The Morgan fingerprint density at radius 3 is 2.53 bits per heavy atom. The average Bonchev–Trinajstić information content (AvgIpc) is 2.36. The second kappa shape index (κ2) is 7.97. The van der Waals surface area contributed by atoms with E-state index in [-0.39, 0.29) is 18.6 Å². The van der Waals surface area contributed by atoms with E-state index in [1.165, 1.54) is 6.08 Å². The minimum Gasteiger partial charge on any atom is -0.394 e. The first-order valence-corrected chi connectivity index (χ1v) is 6.74. The molecule has 0 radical (unpaired) electrons. The molecule has 0 spiro atoms. The maximum absolute atomic E-state index is 11.7. The van der Waals surface area contributed by atoms with Gasteiger partial charge in [-0.25, -0.2) is 0 Å². The molecule has 4 heteroatoms. The number of rotatable bonds is 6. The Kier molecular flexibility index (Phi) is 6.60. The fourth-order valence-electron chi connectivity index (χ4n) is 1.74. The SMILES string of the molecule is CC(C)CC(CO)NC(=O)C=Cc1ccc(Cl)cc1. The summed E-state index contributed by atoms with van der Waals surface area (Å²) in [5.74, 6) is 0.229. The summed E-state index contributed by atoms with van der Waals surface area (Å²) >= 11 is 5.78. The summed E-state index contributed by atoms with van der Waals surface area (Å²) in [4.78, 5) is 11.7. The molecule has 0 saturated heterocycles. The van der Waals surface area contributed by atoms with E-state index < -0.39 is 0 Å². The van der Waals surface area contributed by atoms with Crippen molar-refractivity contribution in [1.29, 1.82) is 0 Å². The Bertz CT molecular complexity index is 426.